The van der Waals surface area contributed by atoms with Crippen molar-refractivity contribution in [3.05, 3.63) is 35.6 Å². The Morgan fingerprint density at radius 2 is 2.35 bits per heavy atom. The van der Waals surface area contributed by atoms with E-state index in [4.69, 9.17) is 13.9 Å². The van der Waals surface area contributed by atoms with Gasteiger partial charge in [-0.1, -0.05) is 19.1 Å². The maximum Gasteiger partial charge on any atom is 0.241 e. The standard InChI is InChI=1S/C14H12O3/c1-2-11-9-10-5-3-6-12(13(10)17-11)14-15-7-4-8-16-14/h3,5-6,9,14H,2,7H2,1H3. The summed E-state index contributed by atoms with van der Waals surface area (Å²) in [5.41, 5.74) is 1.73. The molecular weight excluding hydrogens is 216 g/mol. The molecule has 1 aromatic heterocycles. The Morgan fingerprint density at radius 3 is 3.12 bits per heavy atom. The molecule has 86 valence electrons. The maximum atomic E-state index is 5.79. The number of benzene rings is 1. The van der Waals surface area contributed by atoms with Gasteiger partial charge in [0.1, 0.15) is 24.1 Å². The first-order chi connectivity index (χ1) is 8.38. The minimum absolute atomic E-state index is 0.391. The lowest BCUT2D eigenvalue weighted by Crippen LogP contribution is -2.10. The predicted octanol–water partition coefficient (Wildman–Crippen LogP) is 3.00. The molecule has 1 aliphatic heterocycles. The van der Waals surface area contributed by atoms with Crippen molar-refractivity contribution in [2.45, 2.75) is 19.6 Å². The number of aryl methyl sites for hydroxylation is 1. The van der Waals surface area contributed by atoms with Crippen LogP contribution in [0.3, 0.4) is 0 Å². The molecule has 1 unspecified atom stereocenters. The van der Waals surface area contributed by atoms with Gasteiger partial charge in [-0.05, 0) is 18.1 Å². The third-order valence-electron chi connectivity index (χ3n) is 2.77. The first-order valence-electron chi connectivity index (χ1n) is 5.65. The summed E-state index contributed by atoms with van der Waals surface area (Å²) in [5.74, 6) is 3.69. The van der Waals surface area contributed by atoms with Gasteiger partial charge >= 0.3 is 0 Å². The highest BCUT2D eigenvalue weighted by molar-refractivity contribution is 5.81. The third kappa shape index (κ3) is 1.77. The van der Waals surface area contributed by atoms with Gasteiger partial charge in [0.25, 0.3) is 0 Å². The summed E-state index contributed by atoms with van der Waals surface area (Å²) in [4.78, 5) is 0. The van der Waals surface area contributed by atoms with Crippen LogP contribution in [0.1, 0.15) is 24.5 Å². The Labute approximate surface area is 99.3 Å². The topological polar surface area (TPSA) is 31.6 Å². The molecule has 0 saturated carbocycles. The number of hydrogen-bond acceptors (Lipinski definition) is 3. The number of para-hydroxylation sites is 1. The summed E-state index contributed by atoms with van der Waals surface area (Å²) in [5, 5.41) is 1.07. The maximum absolute atomic E-state index is 5.79. The molecule has 1 atom stereocenters. The Hall–Kier alpha value is -1.92. The Kier molecular flexibility index (Phi) is 2.50. The normalized spacial score (nSPS) is 18.5. The van der Waals surface area contributed by atoms with E-state index >= 15 is 0 Å². The number of hydrogen-bond donors (Lipinski definition) is 0. The smallest absolute Gasteiger partial charge is 0.241 e. The summed E-state index contributed by atoms with van der Waals surface area (Å²) in [6.07, 6.45) is 3.03. The predicted molar refractivity (Wildman–Crippen MR) is 63.1 cm³/mol. The fourth-order valence-corrected chi connectivity index (χ4v) is 1.93. The van der Waals surface area contributed by atoms with Crippen LogP contribution in [0, 0.1) is 12.0 Å². The van der Waals surface area contributed by atoms with Gasteiger partial charge in [-0.15, -0.1) is 0 Å². The van der Waals surface area contributed by atoms with Crippen LogP contribution in [0.15, 0.2) is 28.7 Å². The molecule has 3 rings (SSSR count). The fourth-order valence-electron chi connectivity index (χ4n) is 1.93. The van der Waals surface area contributed by atoms with Gasteiger partial charge in [0.2, 0.25) is 6.29 Å². The van der Waals surface area contributed by atoms with E-state index in [2.05, 4.69) is 19.0 Å². The van der Waals surface area contributed by atoms with E-state index in [9.17, 15) is 0 Å². The molecule has 2 heterocycles. The average molecular weight is 228 g/mol. The summed E-state index contributed by atoms with van der Waals surface area (Å²) in [6, 6.07) is 7.99. The lowest BCUT2D eigenvalue weighted by molar-refractivity contribution is -0.0979. The molecule has 0 radical (unpaired) electrons. The van der Waals surface area contributed by atoms with Gasteiger partial charge in [-0.3, -0.25) is 0 Å². The molecule has 3 heteroatoms. The van der Waals surface area contributed by atoms with Gasteiger partial charge in [-0.25, -0.2) is 0 Å². The highest BCUT2D eigenvalue weighted by Crippen LogP contribution is 2.30. The van der Waals surface area contributed by atoms with Crippen molar-refractivity contribution in [1.82, 2.24) is 0 Å². The Balaban J connectivity index is 2.09. The average Bonchev–Trinajstić information content (AvgIpc) is 2.82. The van der Waals surface area contributed by atoms with Crippen LogP contribution >= 0.6 is 0 Å². The van der Waals surface area contributed by atoms with E-state index in [0.717, 1.165) is 28.7 Å². The number of ether oxygens (including phenoxy) is 2. The molecule has 0 spiro atoms. The highest BCUT2D eigenvalue weighted by atomic mass is 16.7. The first-order valence-corrected chi connectivity index (χ1v) is 5.65. The largest absolute Gasteiger partial charge is 0.461 e. The van der Waals surface area contributed by atoms with Crippen LogP contribution in [-0.2, 0) is 15.9 Å². The quantitative estimate of drug-likeness (QED) is 0.740. The van der Waals surface area contributed by atoms with E-state index in [1.54, 1.807) is 0 Å². The molecule has 1 aromatic carbocycles. The fraction of sp³-hybridized carbons (Fsp3) is 0.286. The van der Waals surface area contributed by atoms with Crippen LogP contribution in [0.2, 0.25) is 0 Å². The lowest BCUT2D eigenvalue weighted by atomic mass is 10.1. The van der Waals surface area contributed by atoms with Gasteiger partial charge in [0, 0.05) is 11.8 Å². The minimum atomic E-state index is -0.448. The Morgan fingerprint density at radius 1 is 1.41 bits per heavy atom. The van der Waals surface area contributed by atoms with Crippen LogP contribution in [0.5, 0.6) is 0 Å². The monoisotopic (exact) mass is 228 g/mol. The summed E-state index contributed by atoms with van der Waals surface area (Å²) in [6.45, 7) is 2.46. The molecule has 17 heavy (non-hydrogen) atoms. The second-order valence-corrected chi connectivity index (χ2v) is 3.87. The van der Waals surface area contributed by atoms with Crippen molar-refractivity contribution >= 4 is 11.0 Å². The molecule has 0 fully saturated rings. The third-order valence-corrected chi connectivity index (χ3v) is 2.77. The molecule has 0 aliphatic carbocycles. The molecular formula is C14H12O3. The number of fused-ring (bicyclic) bond motifs is 1. The van der Waals surface area contributed by atoms with Crippen LogP contribution in [0.4, 0.5) is 0 Å². The number of rotatable bonds is 2. The lowest BCUT2D eigenvalue weighted by Gasteiger charge is -2.16. The first kappa shape index (κ1) is 10.2. The van der Waals surface area contributed by atoms with E-state index < -0.39 is 6.29 Å². The second-order valence-electron chi connectivity index (χ2n) is 3.87. The van der Waals surface area contributed by atoms with Gasteiger partial charge in [0.15, 0.2) is 0 Å². The summed E-state index contributed by atoms with van der Waals surface area (Å²) >= 11 is 0. The van der Waals surface area contributed by atoms with Crippen LogP contribution < -0.4 is 0 Å². The van der Waals surface area contributed by atoms with Gasteiger partial charge in [-0.2, -0.15) is 0 Å². The van der Waals surface area contributed by atoms with Crippen molar-refractivity contribution in [1.29, 1.82) is 0 Å². The summed E-state index contributed by atoms with van der Waals surface area (Å²) < 4.78 is 16.5. The van der Waals surface area contributed by atoms with Gasteiger partial charge < -0.3 is 13.9 Å². The van der Waals surface area contributed by atoms with Crippen LogP contribution in [-0.4, -0.2) is 6.61 Å². The van der Waals surface area contributed by atoms with Crippen molar-refractivity contribution in [3.8, 4) is 12.0 Å². The second kappa shape index (κ2) is 4.15. The van der Waals surface area contributed by atoms with Crippen molar-refractivity contribution < 1.29 is 13.9 Å². The van der Waals surface area contributed by atoms with Crippen molar-refractivity contribution in [2.24, 2.45) is 0 Å². The minimum Gasteiger partial charge on any atom is -0.461 e. The van der Waals surface area contributed by atoms with E-state index in [-0.39, 0.29) is 0 Å². The zero-order valence-electron chi connectivity index (χ0n) is 9.53. The van der Waals surface area contributed by atoms with Crippen molar-refractivity contribution in [2.75, 3.05) is 6.61 Å². The number of furan rings is 1. The van der Waals surface area contributed by atoms with E-state index in [1.165, 1.54) is 0 Å². The highest BCUT2D eigenvalue weighted by Gasteiger charge is 2.19. The van der Waals surface area contributed by atoms with E-state index in [0.29, 0.717) is 6.61 Å². The molecule has 1 aliphatic rings. The zero-order valence-corrected chi connectivity index (χ0v) is 9.53. The van der Waals surface area contributed by atoms with E-state index in [1.807, 2.05) is 24.3 Å². The SMILES string of the molecule is CCc1cc2cccc(C3OC#CCO3)c2o1. The molecule has 3 nitrogen and oxygen atoms in total. The molecule has 0 bridgehead atoms. The molecule has 0 N–H and O–H groups in total. The summed E-state index contributed by atoms with van der Waals surface area (Å²) in [7, 11) is 0. The van der Waals surface area contributed by atoms with Gasteiger partial charge in [0.05, 0.1) is 5.56 Å². The zero-order chi connectivity index (χ0) is 11.7. The molecule has 0 amide bonds. The molecule has 2 aromatic rings. The Bertz CT molecular complexity index is 601. The van der Waals surface area contributed by atoms with Crippen molar-refractivity contribution in [3.63, 3.8) is 0 Å². The van der Waals surface area contributed by atoms with Crippen LogP contribution in [0.25, 0.3) is 11.0 Å². The molecule has 0 saturated heterocycles.